The molecule has 2 aliphatic rings. The first-order valence-corrected chi connectivity index (χ1v) is 15.3. The lowest BCUT2D eigenvalue weighted by molar-refractivity contribution is -0.305. The molecule has 2 fully saturated rings. The fourth-order valence-corrected chi connectivity index (χ4v) is 5.61. The van der Waals surface area contributed by atoms with Crippen LogP contribution in [0, 0.1) is 0 Å². The summed E-state index contributed by atoms with van der Waals surface area (Å²) in [4.78, 5) is 81.3. The zero-order valence-corrected chi connectivity index (χ0v) is 28.3. The number of carbonyl (C=O) groups excluding carboxylic acids is 6. The molecule has 1 aliphatic carbocycles. The fourth-order valence-electron chi connectivity index (χ4n) is 5.61. The van der Waals surface area contributed by atoms with Gasteiger partial charge in [0.25, 0.3) is 5.91 Å². The zero-order chi connectivity index (χ0) is 38.4. The van der Waals surface area contributed by atoms with E-state index in [0.29, 0.717) is 0 Å². The van der Waals surface area contributed by atoms with Gasteiger partial charge in [-0.1, -0.05) is 15.3 Å². The van der Waals surface area contributed by atoms with Gasteiger partial charge in [0.15, 0.2) is 30.7 Å². The predicted molar refractivity (Wildman–Crippen MR) is 164 cm³/mol. The third-order valence-corrected chi connectivity index (χ3v) is 7.38. The predicted octanol–water partition coefficient (Wildman–Crippen LogP) is 1.08. The lowest BCUT2D eigenvalue weighted by atomic mass is 9.83. The van der Waals surface area contributed by atoms with E-state index in [1.807, 2.05) is 0 Å². The van der Waals surface area contributed by atoms with Gasteiger partial charge in [0.2, 0.25) is 0 Å². The number of aliphatic hydroxyl groups excluding tert-OH is 1. The summed E-state index contributed by atoms with van der Waals surface area (Å²) in [7, 11) is 0. The molecule has 1 amide bonds. The highest BCUT2D eigenvalue weighted by Gasteiger charge is 2.55. The maximum Gasteiger partial charge on any atom is 0.303 e. The van der Waals surface area contributed by atoms with Crippen LogP contribution < -0.4 is 5.32 Å². The van der Waals surface area contributed by atoms with Crippen LogP contribution >= 0.6 is 0 Å². The normalized spacial score (nSPS) is 29.5. The van der Waals surface area contributed by atoms with Crippen molar-refractivity contribution in [2.24, 2.45) is 15.3 Å². The minimum absolute atomic E-state index is 0.237. The van der Waals surface area contributed by atoms with Crippen LogP contribution in [0.25, 0.3) is 31.3 Å². The van der Waals surface area contributed by atoms with E-state index in [2.05, 4.69) is 35.4 Å². The summed E-state index contributed by atoms with van der Waals surface area (Å²) in [5, 5.41) is 24.7. The first-order valence-electron chi connectivity index (χ1n) is 15.3. The third kappa shape index (κ3) is 12.2. The van der Waals surface area contributed by atoms with Gasteiger partial charge in [0.05, 0.1) is 18.2 Å². The summed E-state index contributed by atoms with van der Waals surface area (Å²) >= 11 is 0. The SMILES string of the molecule is CC(=O)OC1C(N=[N+]=[N-])[C@@H](O[C@@H]2C(N=[N+]=[N-])C[C@@H](NC(=O)[C@H](CCN=[N+]=[N-])OC(C)=O)C(OC(C)=O)C2O)OC([C@@H](C)OC(C)=O)[C@H]1OC(C)=O. The van der Waals surface area contributed by atoms with E-state index in [0.717, 1.165) is 34.6 Å². The van der Waals surface area contributed by atoms with E-state index < -0.39 is 109 Å². The Morgan fingerprint density at radius 2 is 1.37 bits per heavy atom. The average Bonchev–Trinajstić information content (AvgIpc) is 3.01. The van der Waals surface area contributed by atoms with Crippen LogP contribution in [0.4, 0.5) is 0 Å². The Bertz CT molecular complexity index is 1460. The smallest absolute Gasteiger partial charge is 0.303 e. The molecule has 280 valence electrons. The molecule has 12 atom stereocenters. The number of amides is 1. The molecule has 24 nitrogen and oxygen atoms in total. The highest BCUT2D eigenvalue weighted by atomic mass is 16.7. The van der Waals surface area contributed by atoms with Crippen molar-refractivity contribution >= 4 is 35.8 Å². The number of azide groups is 3. The van der Waals surface area contributed by atoms with Crippen LogP contribution in [0.15, 0.2) is 15.3 Å². The molecule has 2 rings (SSSR count). The maximum atomic E-state index is 13.2. The summed E-state index contributed by atoms with van der Waals surface area (Å²) in [6.45, 7) is 6.29. The Morgan fingerprint density at radius 3 is 1.90 bits per heavy atom. The Kier molecular flexibility index (Phi) is 16.2. The second kappa shape index (κ2) is 19.7. The van der Waals surface area contributed by atoms with Gasteiger partial charge in [-0.2, -0.15) is 0 Å². The van der Waals surface area contributed by atoms with Crippen LogP contribution in [0.2, 0.25) is 0 Å². The van der Waals surface area contributed by atoms with E-state index in [4.69, 9.17) is 38.7 Å². The molecule has 0 spiro atoms. The molecular weight excluding hydrogens is 688 g/mol. The first kappa shape index (κ1) is 41.8. The largest absolute Gasteiger partial charge is 0.460 e. The molecule has 1 heterocycles. The van der Waals surface area contributed by atoms with Gasteiger partial charge < -0.3 is 43.6 Å². The van der Waals surface area contributed by atoms with E-state index in [9.17, 15) is 44.9 Å². The third-order valence-electron chi connectivity index (χ3n) is 7.38. The molecule has 0 aromatic carbocycles. The van der Waals surface area contributed by atoms with Crippen LogP contribution in [0.1, 0.15) is 54.4 Å². The molecule has 51 heavy (non-hydrogen) atoms. The summed E-state index contributed by atoms with van der Waals surface area (Å²) < 4.78 is 38.4. The Hall–Kier alpha value is -5.37. The van der Waals surface area contributed by atoms with Gasteiger partial charge in [-0.15, -0.1) is 0 Å². The van der Waals surface area contributed by atoms with Crippen LogP contribution in [0.3, 0.4) is 0 Å². The number of esters is 5. The topological polar surface area (TPSA) is 346 Å². The summed E-state index contributed by atoms with van der Waals surface area (Å²) in [6, 6.07) is -4.35. The number of carbonyl (C=O) groups is 6. The van der Waals surface area contributed by atoms with Crippen molar-refractivity contribution < 1.29 is 67.0 Å². The molecule has 0 radical (unpaired) electrons. The lowest BCUT2D eigenvalue weighted by Gasteiger charge is -2.48. The van der Waals surface area contributed by atoms with Crippen molar-refractivity contribution in [2.75, 3.05) is 6.54 Å². The van der Waals surface area contributed by atoms with Gasteiger partial charge in [0.1, 0.15) is 24.4 Å². The van der Waals surface area contributed by atoms with Gasteiger partial charge in [-0.05, 0) is 36.4 Å². The second-order valence-corrected chi connectivity index (χ2v) is 11.3. The monoisotopic (exact) mass is 726 g/mol. The molecule has 6 unspecified atom stereocenters. The number of hydrogen-bond acceptors (Lipinski definition) is 17. The van der Waals surface area contributed by atoms with Crippen molar-refractivity contribution in [3.8, 4) is 0 Å². The zero-order valence-electron chi connectivity index (χ0n) is 28.3. The maximum absolute atomic E-state index is 13.2. The van der Waals surface area contributed by atoms with Gasteiger partial charge >= 0.3 is 29.8 Å². The average molecular weight is 727 g/mol. The van der Waals surface area contributed by atoms with Gasteiger partial charge in [-0.25, -0.2) is 0 Å². The summed E-state index contributed by atoms with van der Waals surface area (Å²) in [6.07, 6.45) is -14.9. The highest BCUT2D eigenvalue weighted by molar-refractivity contribution is 5.83. The molecular formula is C27H38N10O14. The number of hydrogen-bond donors (Lipinski definition) is 2. The van der Waals surface area contributed by atoms with E-state index in [1.165, 1.54) is 6.92 Å². The van der Waals surface area contributed by atoms with Crippen molar-refractivity contribution in [3.63, 3.8) is 0 Å². The Labute approximate surface area is 289 Å². The van der Waals surface area contributed by atoms with Crippen molar-refractivity contribution in [2.45, 2.75) is 128 Å². The highest BCUT2D eigenvalue weighted by Crippen LogP contribution is 2.36. The standard InChI is InChI=1S/C27H38N10O14/c1-10(45-11(2)38)21-25(49-15(6)42)24(48-14(5)41)19(34-37-30)27(50-21)51-23-17(33-36-29)9-16(22(20(23)43)47-13(4)40)32-26(44)18(46-12(3)39)7-8-31-35-28/h10,16-25,27,43H,7-9H2,1-6H3,(H,32,44)/t10-,16-,17?,18+,19?,20?,21?,22?,23-,24?,25-,27-/m1/s1. The molecule has 1 saturated heterocycles. The van der Waals surface area contributed by atoms with Gasteiger partial charge in [-0.3, -0.25) is 28.8 Å². The van der Waals surface area contributed by atoms with Crippen molar-refractivity contribution in [1.82, 2.24) is 5.32 Å². The quantitative estimate of drug-likeness (QED) is 0.0784. The molecule has 0 bridgehead atoms. The Morgan fingerprint density at radius 1 is 0.804 bits per heavy atom. The number of rotatable bonds is 15. The minimum atomic E-state index is -1.93. The number of nitrogens with zero attached hydrogens (tertiary/aromatic N) is 9. The van der Waals surface area contributed by atoms with E-state index >= 15 is 0 Å². The van der Waals surface area contributed by atoms with Crippen LogP contribution in [-0.2, 0) is 61.9 Å². The minimum Gasteiger partial charge on any atom is -0.460 e. The van der Waals surface area contributed by atoms with Crippen LogP contribution in [0.5, 0.6) is 0 Å². The molecule has 1 saturated carbocycles. The number of aliphatic hydroxyl groups is 1. The Balaban J connectivity index is 2.59. The fraction of sp³-hybridized carbons (Fsp3) is 0.778. The van der Waals surface area contributed by atoms with E-state index in [1.54, 1.807) is 0 Å². The summed E-state index contributed by atoms with van der Waals surface area (Å²) in [5.74, 6) is -5.27. The lowest BCUT2D eigenvalue weighted by Crippen LogP contribution is -2.67. The van der Waals surface area contributed by atoms with Gasteiger partial charge in [0, 0.05) is 55.9 Å². The van der Waals surface area contributed by atoms with Crippen molar-refractivity contribution in [3.05, 3.63) is 31.3 Å². The molecule has 1 aliphatic heterocycles. The second-order valence-electron chi connectivity index (χ2n) is 11.3. The number of nitrogens with one attached hydrogen (secondary N) is 1. The number of ether oxygens (including phenoxy) is 7. The summed E-state index contributed by atoms with van der Waals surface area (Å²) in [5.41, 5.74) is 27.4. The molecule has 0 aromatic heterocycles. The molecule has 24 heteroatoms. The first-order chi connectivity index (χ1) is 24.0. The van der Waals surface area contributed by atoms with Crippen LogP contribution in [-0.4, -0.2) is 121 Å². The molecule has 0 aromatic rings. The van der Waals surface area contributed by atoms with E-state index in [-0.39, 0.29) is 19.4 Å². The molecule has 2 N–H and O–H groups in total. The van der Waals surface area contributed by atoms with Crippen molar-refractivity contribution in [1.29, 1.82) is 0 Å².